The minimum Gasteiger partial charge on any atom is -0.346 e. The van der Waals surface area contributed by atoms with Crippen molar-refractivity contribution in [2.45, 2.75) is 37.8 Å². The zero-order chi connectivity index (χ0) is 14.1. The summed E-state index contributed by atoms with van der Waals surface area (Å²) in [5.74, 6) is -0.182. The Morgan fingerprint density at radius 2 is 2.15 bits per heavy atom. The number of hydrogen-bond acceptors (Lipinski definition) is 4. The van der Waals surface area contributed by atoms with E-state index in [0.717, 1.165) is 25.9 Å². The highest BCUT2D eigenvalue weighted by Crippen LogP contribution is 2.27. The topological polar surface area (TPSA) is 67.2 Å². The van der Waals surface area contributed by atoms with Crippen LogP contribution in [0.3, 0.4) is 0 Å². The first-order chi connectivity index (χ1) is 9.65. The van der Waals surface area contributed by atoms with Crippen LogP contribution in [0.25, 0.3) is 0 Å². The molecule has 0 radical (unpaired) electrons. The quantitative estimate of drug-likeness (QED) is 0.834. The van der Waals surface area contributed by atoms with Gasteiger partial charge in [-0.2, -0.15) is 5.10 Å². The molecule has 1 aromatic rings. The van der Waals surface area contributed by atoms with Crippen LogP contribution >= 0.6 is 0 Å². The Balaban J connectivity index is 1.69. The number of piperidine rings is 1. The van der Waals surface area contributed by atoms with Crippen LogP contribution in [0, 0.1) is 0 Å². The van der Waals surface area contributed by atoms with E-state index in [2.05, 4.69) is 15.3 Å². The Morgan fingerprint density at radius 3 is 2.95 bits per heavy atom. The highest BCUT2D eigenvalue weighted by molar-refractivity contribution is 5.92. The van der Waals surface area contributed by atoms with Crippen molar-refractivity contribution in [1.82, 2.24) is 20.0 Å². The van der Waals surface area contributed by atoms with Crippen LogP contribution in [-0.4, -0.2) is 45.8 Å². The molecule has 0 bridgehead atoms. The summed E-state index contributed by atoms with van der Waals surface area (Å²) in [7, 11) is 1.55. The molecular weight excluding hydrogens is 256 g/mol. The van der Waals surface area contributed by atoms with E-state index in [1.54, 1.807) is 7.05 Å². The Hall–Kier alpha value is -1.69. The van der Waals surface area contributed by atoms with E-state index in [9.17, 15) is 9.59 Å². The number of aromatic nitrogens is 2. The number of rotatable bonds is 2. The van der Waals surface area contributed by atoms with Gasteiger partial charge in [-0.15, -0.1) is 0 Å². The van der Waals surface area contributed by atoms with Crippen LogP contribution in [0.1, 0.15) is 36.2 Å². The smallest absolute Gasteiger partial charge is 0.271 e. The maximum atomic E-state index is 12.2. The molecule has 2 unspecified atom stereocenters. The number of carbonyl (C=O) groups excluding carboxylic acids is 1. The van der Waals surface area contributed by atoms with E-state index >= 15 is 0 Å². The van der Waals surface area contributed by atoms with Crippen molar-refractivity contribution < 1.29 is 4.79 Å². The second kappa shape index (κ2) is 5.36. The fourth-order valence-electron chi connectivity index (χ4n) is 3.28. The Bertz CT molecular complexity index is 569. The predicted octanol–water partition coefficient (Wildman–Crippen LogP) is 0.137. The van der Waals surface area contributed by atoms with Crippen molar-refractivity contribution >= 4 is 5.91 Å². The molecule has 0 aliphatic carbocycles. The van der Waals surface area contributed by atoms with E-state index in [0.29, 0.717) is 11.7 Å². The molecule has 0 spiro atoms. The maximum absolute atomic E-state index is 12.2. The van der Waals surface area contributed by atoms with E-state index in [-0.39, 0.29) is 17.5 Å². The third-order valence-corrected chi connectivity index (χ3v) is 4.37. The Labute approximate surface area is 117 Å². The molecule has 1 aromatic heterocycles. The molecule has 2 aliphatic rings. The van der Waals surface area contributed by atoms with Crippen molar-refractivity contribution in [3.05, 3.63) is 28.2 Å². The second-order valence-corrected chi connectivity index (χ2v) is 5.65. The van der Waals surface area contributed by atoms with Crippen molar-refractivity contribution in [2.24, 2.45) is 7.05 Å². The van der Waals surface area contributed by atoms with Gasteiger partial charge in [-0.05, 0) is 31.9 Å². The molecule has 6 heteroatoms. The lowest BCUT2D eigenvalue weighted by Gasteiger charge is -2.32. The molecule has 6 nitrogen and oxygen atoms in total. The molecule has 2 aliphatic heterocycles. The second-order valence-electron chi connectivity index (χ2n) is 5.65. The van der Waals surface area contributed by atoms with E-state index in [4.69, 9.17) is 0 Å². The summed E-state index contributed by atoms with van der Waals surface area (Å²) in [5.41, 5.74) is 0.0993. The molecule has 0 aromatic carbocycles. The number of nitrogens with zero attached hydrogens (tertiary/aromatic N) is 3. The van der Waals surface area contributed by atoms with Gasteiger partial charge < -0.3 is 5.32 Å². The van der Waals surface area contributed by atoms with Gasteiger partial charge in [0.15, 0.2) is 0 Å². The highest BCUT2D eigenvalue weighted by Gasteiger charge is 2.36. The Kier molecular flexibility index (Phi) is 3.56. The van der Waals surface area contributed by atoms with Crippen LogP contribution in [-0.2, 0) is 7.05 Å². The number of hydrogen-bond donors (Lipinski definition) is 1. The van der Waals surface area contributed by atoms with Gasteiger partial charge in [-0.25, -0.2) is 4.68 Å². The fraction of sp³-hybridized carbons (Fsp3) is 0.643. The van der Waals surface area contributed by atoms with Crippen molar-refractivity contribution in [2.75, 3.05) is 13.1 Å². The van der Waals surface area contributed by atoms with Gasteiger partial charge in [-0.3, -0.25) is 14.5 Å². The summed E-state index contributed by atoms with van der Waals surface area (Å²) in [6.07, 6.45) is 4.67. The molecule has 2 saturated heterocycles. The van der Waals surface area contributed by atoms with Crippen LogP contribution in [0.5, 0.6) is 0 Å². The van der Waals surface area contributed by atoms with E-state index in [1.807, 2.05) is 0 Å². The molecule has 3 heterocycles. The minimum absolute atomic E-state index is 0.182. The summed E-state index contributed by atoms with van der Waals surface area (Å²) in [6.45, 7) is 2.21. The lowest BCUT2D eigenvalue weighted by atomic mass is 9.99. The molecule has 108 valence electrons. The van der Waals surface area contributed by atoms with E-state index in [1.165, 1.54) is 29.7 Å². The number of carbonyl (C=O) groups is 1. The standard InChI is InChI=1S/C14H20N4O2/c1-17-13(19)6-5-11(16-17)14(20)15-10-7-9-18-8-3-2-4-12(10)18/h5-6,10,12H,2-4,7-9H2,1H3,(H,15,20). The third kappa shape index (κ3) is 2.47. The van der Waals surface area contributed by atoms with Crippen LogP contribution in [0.2, 0.25) is 0 Å². The summed E-state index contributed by atoms with van der Waals surface area (Å²) in [5, 5.41) is 7.08. The summed E-state index contributed by atoms with van der Waals surface area (Å²) >= 11 is 0. The highest BCUT2D eigenvalue weighted by atomic mass is 16.2. The van der Waals surface area contributed by atoms with Crippen molar-refractivity contribution in [3.8, 4) is 0 Å². The third-order valence-electron chi connectivity index (χ3n) is 4.37. The lowest BCUT2D eigenvalue weighted by molar-refractivity contribution is 0.0908. The molecule has 2 fully saturated rings. The number of fused-ring (bicyclic) bond motifs is 1. The van der Waals surface area contributed by atoms with Gasteiger partial charge in [0.2, 0.25) is 0 Å². The predicted molar refractivity (Wildman–Crippen MR) is 74.6 cm³/mol. The normalized spacial score (nSPS) is 26.2. The Morgan fingerprint density at radius 1 is 1.30 bits per heavy atom. The zero-order valence-corrected chi connectivity index (χ0v) is 11.7. The molecule has 0 saturated carbocycles. The SMILES string of the molecule is Cn1nc(C(=O)NC2CCN3CCCCC23)ccc1=O. The molecule has 20 heavy (non-hydrogen) atoms. The largest absolute Gasteiger partial charge is 0.346 e. The van der Waals surface area contributed by atoms with Gasteiger partial charge >= 0.3 is 0 Å². The molecule has 2 atom stereocenters. The first-order valence-electron chi connectivity index (χ1n) is 7.24. The number of nitrogens with one attached hydrogen (secondary N) is 1. The van der Waals surface area contributed by atoms with Gasteiger partial charge in [0.25, 0.3) is 11.5 Å². The number of aryl methyl sites for hydroxylation is 1. The van der Waals surface area contributed by atoms with Crippen LogP contribution in [0.4, 0.5) is 0 Å². The first kappa shape index (κ1) is 13.3. The molecule has 3 rings (SSSR count). The van der Waals surface area contributed by atoms with Crippen molar-refractivity contribution in [1.29, 1.82) is 0 Å². The van der Waals surface area contributed by atoms with Crippen molar-refractivity contribution in [3.63, 3.8) is 0 Å². The van der Waals surface area contributed by atoms with E-state index < -0.39 is 0 Å². The average Bonchev–Trinajstić information content (AvgIpc) is 2.85. The summed E-state index contributed by atoms with van der Waals surface area (Å²) < 4.78 is 1.19. The minimum atomic E-state index is -0.208. The van der Waals surface area contributed by atoms with Crippen LogP contribution in [0.15, 0.2) is 16.9 Å². The van der Waals surface area contributed by atoms with Gasteiger partial charge in [0, 0.05) is 31.7 Å². The fourth-order valence-corrected chi connectivity index (χ4v) is 3.28. The summed E-state index contributed by atoms with van der Waals surface area (Å²) in [6, 6.07) is 3.55. The van der Waals surface area contributed by atoms with Gasteiger partial charge in [-0.1, -0.05) is 6.42 Å². The maximum Gasteiger partial charge on any atom is 0.271 e. The molecule has 1 amide bonds. The monoisotopic (exact) mass is 276 g/mol. The molecule has 1 N–H and O–H groups in total. The first-order valence-corrected chi connectivity index (χ1v) is 7.24. The average molecular weight is 276 g/mol. The lowest BCUT2D eigenvalue weighted by Crippen LogP contribution is -2.47. The zero-order valence-electron chi connectivity index (χ0n) is 11.7. The van der Waals surface area contributed by atoms with Gasteiger partial charge in [0.05, 0.1) is 0 Å². The number of amides is 1. The summed E-state index contributed by atoms with van der Waals surface area (Å²) in [4.78, 5) is 26.0. The molecular formula is C14H20N4O2. The van der Waals surface area contributed by atoms with Crippen LogP contribution < -0.4 is 10.9 Å². The van der Waals surface area contributed by atoms with Gasteiger partial charge in [0.1, 0.15) is 5.69 Å².